The highest BCUT2D eigenvalue weighted by Crippen LogP contribution is 2.28. The molecule has 0 aliphatic heterocycles. The summed E-state index contributed by atoms with van der Waals surface area (Å²) in [5.74, 6) is 1.38. The van der Waals surface area contributed by atoms with Gasteiger partial charge in [0.25, 0.3) is 0 Å². The SMILES string of the molecule is CC1CCC(Oc2ccc(C=O)cc2C#N)CC1. The van der Waals surface area contributed by atoms with E-state index in [9.17, 15) is 4.79 Å². The van der Waals surface area contributed by atoms with Crippen LogP contribution in [0.25, 0.3) is 0 Å². The quantitative estimate of drug-likeness (QED) is 0.765. The second-order valence-corrected chi connectivity index (χ2v) is 4.98. The predicted octanol–water partition coefficient (Wildman–Crippen LogP) is 3.33. The van der Waals surface area contributed by atoms with Crippen molar-refractivity contribution in [2.75, 3.05) is 0 Å². The summed E-state index contributed by atoms with van der Waals surface area (Å²) in [5, 5.41) is 9.06. The fourth-order valence-electron chi connectivity index (χ4n) is 2.34. The van der Waals surface area contributed by atoms with E-state index >= 15 is 0 Å². The standard InChI is InChI=1S/C15H17NO2/c1-11-2-5-14(6-3-11)18-15-7-4-12(10-17)8-13(15)9-16/h4,7-8,10-11,14H,2-3,5-6H2,1H3. The largest absolute Gasteiger partial charge is 0.489 e. The van der Waals surface area contributed by atoms with Crippen LogP contribution in [0.1, 0.15) is 48.5 Å². The molecule has 0 bridgehead atoms. The van der Waals surface area contributed by atoms with Gasteiger partial charge in [-0.1, -0.05) is 6.92 Å². The summed E-state index contributed by atoms with van der Waals surface area (Å²) >= 11 is 0. The molecule has 0 unspecified atom stereocenters. The molecular weight excluding hydrogens is 226 g/mol. The Morgan fingerprint density at radius 3 is 2.67 bits per heavy atom. The van der Waals surface area contributed by atoms with Crippen LogP contribution < -0.4 is 4.74 Å². The van der Waals surface area contributed by atoms with Crippen LogP contribution in [0, 0.1) is 17.2 Å². The Bertz CT molecular complexity index is 468. The van der Waals surface area contributed by atoms with Crippen LogP contribution >= 0.6 is 0 Å². The normalized spacial score (nSPS) is 23.1. The lowest BCUT2D eigenvalue weighted by atomic mass is 9.89. The van der Waals surface area contributed by atoms with Gasteiger partial charge < -0.3 is 4.74 Å². The summed E-state index contributed by atoms with van der Waals surface area (Å²) in [5.41, 5.74) is 0.953. The smallest absolute Gasteiger partial charge is 0.150 e. The van der Waals surface area contributed by atoms with Gasteiger partial charge in [0.15, 0.2) is 0 Å². The minimum absolute atomic E-state index is 0.204. The van der Waals surface area contributed by atoms with E-state index in [2.05, 4.69) is 13.0 Å². The Morgan fingerprint density at radius 2 is 2.06 bits per heavy atom. The van der Waals surface area contributed by atoms with E-state index in [0.29, 0.717) is 16.9 Å². The van der Waals surface area contributed by atoms with E-state index in [1.165, 1.54) is 12.8 Å². The second-order valence-electron chi connectivity index (χ2n) is 4.98. The predicted molar refractivity (Wildman–Crippen MR) is 68.6 cm³/mol. The molecule has 1 saturated carbocycles. The van der Waals surface area contributed by atoms with E-state index in [4.69, 9.17) is 10.00 Å². The van der Waals surface area contributed by atoms with Gasteiger partial charge in [-0.2, -0.15) is 5.26 Å². The maximum atomic E-state index is 10.7. The van der Waals surface area contributed by atoms with Crippen molar-refractivity contribution in [1.82, 2.24) is 0 Å². The third-order valence-electron chi connectivity index (χ3n) is 3.52. The molecule has 0 spiro atoms. The van der Waals surface area contributed by atoms with Gasteiger partial charge in [-0.25, -0.2) is 0 Å². The minimum atomic E-state index is 0.204. The highest BCUT2D eigenvalue weighted by atomic mass is 16.5. The van der Waals surface area contributed by atoms with Crippen LogP contribution in [0.3, 0.4) is 0 Å². The molecule has 0 radical (unpaired) electrons. The third-order valence-corrected chi connectivity index (χ3v) is 3.52. The Morgan fingerprint density at radius 1 is 1.33 bits per heavy atom. The lowest BCUT2D eigenvalue weighted by Crippen LogP contribution is -2.23. The average Bonchev–Trinajstić information content (AvgIpc) is 2.41. The number of hydrogen-bond donors (Lipinski definition) is 0. The van der Waals surface area contributed by atoms with Crippen molar-refractivity contribution in [3.63, 3.8) is 0 Å². The maximum Gasteiger partial charge on any atom is 0.150 e. The molecule has 3 nitrogen and oxygen atoms in total. The van der Waals surface area contributed by atoms with Crippen LogP contribution in [0.15, 0.2) is 18.2 Å². The van der Waals surface area contributed by atoms with Gasteiger partial charge in [0, 0.05) is 5.56 Å². The van der Waals surface area contributed by atoms with Crippen molar-refractivity contribution in [2.45, 2.75) is 38.7 Å². The average molecular weight is 243 g/mol. The molecule has 1 aromatic rings. The Kier molecular flexibility index (Phi) is 3.99. The Balaban J connectivity index is 2.09. The molecule has 0 aromatic heterocycles. The summed E-state index contributed by atoms with van der Waals surface area (Å²) in [7, 11) is 0. The number of aldehydes is 1. The van der Waals surface area contributed by atoms with Crippen LogP contribution in [-0.2, 0) is 0 Å². The fourth-order valence-corrected chi connectivity index (χ4v) is 2.34. The first kappa shape index (κ1) is 12.6. The molecule has 3 heteroatoms. The molecule has 0 saturated heterocycles. The van der Waals surface area contributed by atoms with Crippen molar-refractivity contribution in [2.24, 2.45) is 5.92 Å². The number of carbonyl (C=O) groups is 1. The third kappa shape index (κ3) is 2.89. The van der Waals surface area contributed by atoms with Crippen molar-refractivity contribution < 1.29 is 9.53 Å². The monoisotopic (exact) mass is 243 g/mol. The topological polar surface area (TPSA) is 50.1 Å². The minimum Gasteiger partial charge on any atom is -0.489 e. The van der Waals surface area contributed by atoms with Gasteiger partial charge in [0.05, 0.1) is 11.7 Å². The zero-order chi connectivity index (χ0) is 13.0. The van der Waals surface area contributed by atoms with E-state index in [1.54, 1.807) is 18.2 Å². The van der Waals surface area contributed by atoms with Gasteiger partial charge in [0.1, 0.15) is 18.1 Å². The Hall–Kier alpha value is -1.82. The van der Waals surface area contributed by atoms with E-state index in [-0.39, 0.29) is 6.10 Å². The van der Waals surface area contributed by atoms with Crippen molar-refractivity contribution in [3.05, 3.63) is 29.3 Å². The molecular formula is C15H17NO2. The zero-order valence-electron chi connectivity index (χ0n) is 10.6. The van der Waals surface area contributed by atoms with Crippen molar-refractivity contribution >= 4 is 6.29 Å². The second kappa shape index (κ2) is 5.68. The molecule has 2 rings (SSSR count). The maximum absolute atomic E-state index is 10.7. The number of nitriles is 1. The molecule has 0 N–H and O–H groups in total. The molecule has 0 amide bonds. The lowest BCUT2D eigenvalue weighted by Gasteiger charge is -2.27. The van der Waals surface area contributed by atoms with Gasteiger partial charge in [-0.3, -0.25) is 4.79 Å². The molecule has 18 heavy (non-hydrogen) atoms. The van der Waals surface area contributed by atoms with E-state index in [1.807, 2.05) is 0 Å². The molecule has 1 aliphatic carbocycles. The van der Waals surface area contributed by atoms with Gasteiger partial charge in [0.2, 0.25) is 0 Å². The Labute approximate surface area is 107 Å². The molecule has 0 heterocycles. The van der Waals surface area contributed by atoms with Crippen LogP contribution in [0.2, 0.25) is 0 Å². The molecule has 1 aromatic carbocycles. The highest BCUT2D eigenvalue weighted by molar-refractivity contribution is 5.76. The van der Waals surface area contributed by atoms with Crippen molar-refractivity contribution in [1.29, 1.82) is 5.26 Å². The molecule has 1 fully saturated rings. The van der Waals surface area contributed by atoms with Gasteiger partial charge >= 0.3 is 0 Å². The number of hydrogen-bond acceptors (Lipinski definition) is 3. The summed E-state index contributed by atoms with van der Waals surface area (Å²) < 4.78 is 5.89. The van der Waals surface area contributed by atoms with E-state index < -0.39 is 0 Å². The van der Waals surface area contributed by atoms with Crippen LogP contribution in [0.5, 0.6) is 5.75 Å². The van der Waals surface area contributed by atoms with Crippen LogP contribution in [0.4, 0.5) is 0 Å². The molecule has 0 atom stereocenters. The summed E-state index contributed by atoms with van der Waals surface area (Å²) in [4.78, 5) is 10.7. The lowest BCUT2D eigenvalue weighted by molar-refractivity contribution is 0.112. The zero-order valence-corrected chi connectivity index (χ0v) is 10.6. The molecule has 1 aliphatic rings. The van der Waals surface area contributed by atoms with E-state index in [0.717, 1.165) is 25.0 Å². The van der Waals surface area contributed by atoms with Gasteiger partial charge in [-0.05, 0) is 49.8 Å². The number of ether oxygens (including phenoxy) is 1. The number of carbonyl (C=O) groups excluding carboxylic acids is 1. The van der Waals surface area contributed by atoms with Gasteiger partial charge in [-0.15, -0.1) is 0 Å². The first-order valence-corrected chi connectivity index (χ1v) is 6.39. The number of benzene rings is 1. The van der Waals surface area contributed by atoms with Crippen molar-refractivity contribution in [3.8, 4) is 11.8 Å². The first-order valence-electron chi connectivity index (χ1n) is 6.39. The number of rotatable bonds is 3. The summed E-state index contributed by atoms with van der Waals surface area (Å²) in [6.07, 6.45) is 5.39. The highest BCUT2D eigenvalue weighted by Gasteiger charge is 2.20. The first-order chi connectivity index (χ1) is 8.72. The fraction of sp³-hybridized carbons (Fsp3) is 0.467. The summed E-state index contributed by atoms with van der Waals surface area (Å²) in [6, 6.07) is 7.07. The summed E-state index contributed by atoms with van der Waals surface area (Å²) in [6.45, 7) is 2.26. The number of nitrogens with zero attached hydrogens (tertiary/aromatic N) is 1. The molecule has 94 valence electrons. The van der Waals surface area contributed by atoms with Crippen LogP contribution in [-0.4, -0.2) is 12.4 Å².